The molecule has 0 aromatic heterocycles. The van der Waals surface area contributed by atoms with Crippen molar-refractivity contribution in [2.75, 3.05) is 5.73 Å². The Balaban J connectivity index is 2.24. The van der Waals surface area contributed by atoms with Crippen LogP contribution >= 0.6 is 11.6 Å². The molecule has 2 nitrogen and oxygen atoms in total. The molecule has 2 rings (SSSR count). The van der Waals surface area contributed by atoms with Crippen molar-refractivity contribution >= 4 is 28.1 Å². The Labute approximate surface area is 112 Å². The van der Waals surface area contributed by atoms with E-state index in [0.717, 1.165) is 0 Å². The summed E-state index contributed by atoms with van der Waals surface area (Å²) in [6, 6.07) is 10.7. The lowest BCUT2D eigenvalue weighted by atomic mass is 10.2. The topological polar surface area (TPSA) is 43.1 Å². The normalized spacial score (nSPS) is 12.3. The predicted molar refractivity (Wildman–Crippen MR) is 72.4 cm³/mol. The molecule has 94 valence electrons. The summed E-state index contributed by atoms with van der Waals surface area (Å²) in [5.41, 5.74) is 6.96. The van der Waals surface area contributed by atoms with Crippen LogP contribution in [-0.4, -0.2) is 4.21 Å². The number of hydrogen-bond donors (Lipinski definition) is 1. The third-order valence-electron chi connectivity index (χ3n) is 2.51. The summed E-state index contributed by atoms with van der Waals surface area (Å²) in [6.07, 6.45) is 0. The molecule has 1 unspecified atom stereocenters. The minimum atomic E-state index is -1.29. The van der Waals surface area contributed by atoms with Gasteiger partial charge in [0.15, 0.2) is 0 Å². The maximum Gasteiger partial charge on any atom is 0.123 e. The van der Waals surface area contributed by atoms with E-state index in [4.69, 9.17) is 17.3 Å². The van der Waals surface area contributed by atoms with Gasteiger partial charge < -0.3 is 5.73 Å². The molecule has 0 aliphatic carbocycles. The summed E-state index contributed by atoms with van der Waals surface area (Å²) < 4.78 is 24.9. The van der Waals surface area contributed by atoms with Gasteiger partial charge in [-0.15, -0.1) is 0 Å². The predicted octanol–water partition coefficient (Wildman–Crippen LogP) is 3.37. The molecule has 0 fully saturated rings. The molecular formula is C13H11ClFNOS. The van der Waals surface area contributed by atoms with Crippen LogP contribution < -0.4 is 5.73 Å². The molecule has 0 bridgehead atoms. The van der Waals surface area contributed by atoms with Gasteiger partial charge in [-0.25, -0.2) is 4.39 Å². The van der Waals surface area contributed by atoms with Crippen molar-refractivity contribution < 1.29 is 8.60 Å². The number of nitrogens with two attached hydrogens (primary N) is 1. The van der Waals surface area contributed by atoms with Crippen LogP contribution in [0.2, 0.25) is 5.02 Å². The van der Waals surface area contributed by atoms with E-state index in [1.54, 1.807) is 18.2 Å². The van der Waals surface area contributed by atoms with Crippen LogP contribution in [0.25, 0.3) is 0 Å². The number of rotatable bonds is 3. The van der Waals surface area contributed by atoms with E-state index in [1.165, 1.54) is 24.3 Å². The van der Waals surface area contributed by atoms with Gasteiger partial charge in [0, 0.05) is 21.2 Å². The molecule has 0 spiro atoms. The lowest BCUT2D eigenvalue weighted by Gasteiger charge is -2.08. The number of hydrogen-bond acceptors (Lipinski definition) is 2. The Kier molecular flexibility index (Phi) is 3.99. The number of nitrogen functional groups attached to an aromatic ring is 1. The van der Waals surface area contributed by atoms with Gasteiger partial charge in [-0.05, 0) is 36.4 Å². The van der Waals surface area contributed by atoms with Gasteiger partial charge in [0.25, 0.3) is 0 Å². The number of benzene rings is 2. The highest BCUT2D eigenvalue weighted by atomic mass is 35.5. The minimum Gasteiger partial charge on any atom is -0.398 e. The van der Waals surface area contributed by atoms with E-state index in [9.17, 15) is 8.60 Å². The molecule has 1 atom stereocenters. The van der Waals surface area contributed by atoms with Crippen molar-refractivity contribution in [2.24, 2.45) is 0 Å². The van der Waals surface area contributed by atoms with Crippen LogP contribution in [0.5, 0.6) is 0 Å². The zero-order valence-electron chi connectivity index (χ0n) is 9.40. The average Bonchev–Trinajstić information content (AvgIpc) is 2.34. The molecule has 0 aliphatic rings. The lowest BCUT2D eigenvalue weighted by Crippen LogP contribution is -2.01. The fraction of sp³-hybridized carbons (Fsp3) is 0.0769. The number of halogens is 2. The lowest BCUT2D eigenvalue weighted by molar-refractivity contribution is 0.626. The van der Waals surface area contributed by atoms with Gasteiger partial charge in [0.2, 0.25) is 0 Å². The SMILES string of the molecule is Nc1cccc(Cl)c1CS(=O)c1ccc(F)cc1. The summed E-state index contributed by atoms with van der Waals surface area (Å²) in [5, 5.41) is 0.491. The quantitative estimate of drug-likeness (QED) is 0.878. The first kappa shape index (κ1) is 13.1. The maximum atomic E-state index is 12.8. The fourth-order valence-electron chi connectivity index (χ4n) is 1.53. The molecule has 5 heteroatoms. The van der Waals surface area contributed by atoms with Gasteiger partial charge in [0.05, 0.1) is 16.6 Å². The van der Waals surface area contributed by atoms with Crippen molar-refractivity contribution in [1.29, 1.82) is 0 Å². The smallest absolute Gasteiger partial charge is 0.123 e. The van der Waals surface area contributed by atoms with Crippen LogP contribution in [0.15, 0.2) is 47.4 Å². The van der Waals surface area contributed by atoms with Crippen LogP contribution in [0.3, 0.4) is 0 Å². The van der Waals surface area contributed by atoms with E-state index in [2.05, 4.69) is 0 Å². The highest BCUT2D eigenvalue weighted by Crippen LogP contribution is 2.25. The van der Waals surface area contributed by atoms with E-state index in [0.29, 0.717) is 21.2 Å². The van der Waals surface area contributed by atoms with Crippen LogP contribution in [-0.2, 0) is 16.6 Å². The van der Waals surface area contributed by atoms with Crippen molar-refractivity contribution in [3.05, 3.63) is 58.9 Å². The van der Waals surface area contributed by atoms with Gasteiger partial charge in [-0.3, -0.25) is 4.21 Å². The van der Waals surface area contributed by atoms with E-state index >= 15 is 0 Å². The zero-order valence-corrected chi connectivity index (χ0v) is 11.0. The average molecular weight is 284 g/mol. The molecule has 0 saturated heterocycles. The van der Waals surface area contributed by atoms with Gasteiger partial charge >= 0.3 is 0 Å². The molecule has 0 amide bonds. The van der Waals surface area contributed by atoms with Crippen LogP contribution in [0.1, 0.15) is 5.56 Å². The van der Waals surface area contributed by atoms with E-state index < -0.39 is 10.8 Å². The first-order valence-electron chi connectivity index (χ1n) is 5.25. The summed E-state index contributed by atoms with van der Waals surface area (Å²) in [4.78, 5) is 0.552. The fourth-order valence-corrected chi connectivity index (χ4v) is 3.05. The van der Waals surface area contributed by atoms with Crippen LogP contribution in [0, 0.1) is 5.82 Å². The van der Waals surface area contributed by atoms with E-state index in [-0.39, 0.29) is 11.6 Å². The standard InChI is InChI=1S/C13H11ClFNOS/c14-12-2-1-3-13(16)11(12)8-18(17)10-6-4-9(15)5-7-10/h1-7H,8,16H2. The Morgan fingerprint density at radius 2 is 1.83 bits per heavy atom. The van der Waals surface area contributed by atoms with Gasteiger partial charge in [-0.2, -0.15) is 0 Å². The summed E-state index contributed by atoms with van der Waals surface area (Å²) in [6.45, 7) is 0. The molecule has 18 heavy (non-hydrogen) atoms. The van der Waals surface area contributed by atoms with Crippen molar-refractivity contribution in [2.45, 2.75) is 10.6 Å². The molecule has 0 aliphatic heterocycles. The molecule has 2 aromatic carbocycles. The van der Waals surface area contributed by atoms with Crippen molar-refractivity contribution in [3.63, 3.8) is 0 Å². The third-order valence-corrected chi connectivity index (χ3v) is 4.21. The molecular weight excluding hydrogens is 273 g/mol. The Hall–Kier alpha value is -1.39. The van der Waals surface area contributed by atoms with E-state index in [1.807, 2.05) is 0 Å². The summed E-state index contributed by atoms with van der Waals surface area (Å²) in [5.74, 6) is -0.134. The largest absolute Gasteiger partial charge is 0.398 e. The molecule has 2 aromatic rings. The monoisotopic (exact) mass is 283 g/mol. The van der Waals surface area contributed by atoms with Crippen LogP contribution in [0.4, 0.5) is 10.1 Å². The number of anilines is 1. The second kappa shape index (κ2) is 5.50. The first-order valence-corrected chi connectivity index (χ1v) is 6.94. The molecule has 0 radical (unpaired) electrons. The summed E-state index contributed by atoms with van der Waals surface area (Å²) >= 11 is 6.01. The van der Waals surface area contributed by atoms with Gasteiger partial charge in [-0.1, -0.05) is 17.7 Å². The minimum absolute atomic E-state index is 0.219. The second-order valence-electron chi connectivity index (χ2n) is 3.75. The third kappa shape index (κ3) is 2.89. The zero-order chi connectivity index (χ0) is 13.1. The Morgan fingerprint density at radius 3 is 2.44 bits per heavy atom. The maximum absolute atomic E-state index is 12.8. The second-order valence-corrected chi connectivity index (χ2v) is 5.61. The summed E-state index contributed by atoms with van der Waals surface area (Å²) in [7, 11) is -1.29. The van der Waals surface area contributed by atoms with Crippen molar-refractivity contribution in [3.8, 4) is 0 Å². The molecule has 0 saturated carbocycles. The van der Waals surface area contributed by atoms with Gasteiger partial charge in [0.1, 0.15) is 5.82 Å². The molecule has 2 N–H and O–H groups in total. The Morgan fingerprint density at radius 1 is 1.17 bits per heavy atom. The molecule has 0 heterocycles. The first-order chi connectivity index (χ1) is 8.58. The highest BCUT2D eigenvalue weighted by Gasteiger charge is 2.10. The highest BCUT2D eigenvalue weighted by molar-refractivity contribution is 7.84. The Bertz CT molecular complexity index is 566. The van der Waals surface area contributed by atoms with Crippen molar-refractivity contribution in [1.82, 2.24) is 0 Å².